The molecule has 138 valence electrons. The molecule has 0 bridgehead atoms. The summed E-state index contributed by atoms with van der Waals surface area (Å²) in [6.45, 7) is 7.49. The molecular formula is C20H31N3O2. The van der Waals surface area contributed by atoms with Crippen LogP contribution in [0.3, 0.4) is 0 Å². The van der Waals surface area contributed by atoms with Gasteiger partial charge in [-0.25, -0.2) is 0 Å². The van der Waals surface area contributed by atoms with Crippen LogP contribution >= 0.6 is 0 Å². The molecule has 1 heterocycles. The molecular weight excluding hydrogens is 314 g/mol. The minimum Gasteiger partial charge on any atom is -0.341 e. The minimum atomic E-state index is -0.496. The summed E-state index contributed by atoms with van der Waals surface area (Å²) < 4.78 is 0. The minimum absolute atomic E-state index is 0.0176. The van der Waals surface area contributed by atoms with Gasteiger partial charge in [0.05, 0.1) is 0 Å². The van der Waals surface area contributed by atoms with E-state index >= 15 is 0 Å². The summed E-state index contributed by atoms with van der Waals surface area (Å²) in [7, 11) is 0. The Morgan fingerprint density at radius 2 is 1.96 bits per heavy atom. The summed E-state index contributed by atoms with van der Waals surface area (Å²) in [5.74, 6) is 0.236. The summed E-state index contributed by atoms with van der Waals surface area (Å²) in [6.07, 6.45) is 2.86. The lowest BCUT2D eigenvalue weighted by Crippen LogP contribution is -2.55. The van der Waals surface area contributed by atoms with Crippen molar-refractivity contribution < 1.29 is 9.59 Å². The molecule has 2 rings (SSSR count). The molecule has 1 aliphatic rings. The van der Waals surface area contributed by atoms with E-state index in [9.17, 15) is 9.59 Å². The molecule has 1 aromatic rings. The van der Waals surface area contributed by atoms with E-state index in [1.165, 1.54) is 0 Å². The van der Waals surface area contributed by atoms with Crippen LogP contribution in [-0.4, -0.2) is 41.9 Å². The molecule has 4 unspecified atom stereocenters. The molecule has 1 saturated heterocycles. The molecule has 1 aliphatic heterocycles. The molecule has 0 spiro atoms. The van der Waals surface area contributed by atoms with Gasteiger partial charge in [0, 0.05) is 24.7 Å². The fraction of sp³-hybridized carbons (Fsp3) is 0.600. The van der Waals surface area contributed by atoms with Gasteiger partial charge in [0.2, 0.25) is 5.91 Å². The Balaban J connectivity index is 2.11. The summed E-state index contributed by atoms with van der Waals surface area (Å²) in [4.78, 5) is 27.5. The number of benzene rings is 1. The highest BCUT2D eigenvalue weighted by Crippen LogP contribution is 2.21. The fourth-order valence-corrected chi connectivity index (χ4v) is 3.33. The van der Waals surface area contributed by atoms with Gasteiger partial charge in [-0.15, -0.1) is 0 Å². The van der Waals surface area contributed by atoms with Crippen molar-refractivity contribution in [2.45, 2.75) is 52.1 Å². The number of piperidine rings is 1. The topological polar surface area (TPSA) is 75.4 Å². The Labute approximate surface area is 151 Å². The first-order valence-electron chi connectivity index (χ1n) is 9.34. The normalized spacial score (nSPS) is 21.3. The van der Waals surface area contributed by atoms with Gasteiger partial charge < -0.3 is 16.0 Å². The van der Waals surface area contributed by atoms with E-state index in [2.05, 4.69) is 5.32 Å². The number of amides is 2. The molecule has 0 aromatic heterocycles. The van der Waals surface area contributed by atoms with E-state index in [4.69, 9.17) is 5.73 Å². The summed E-state index contributed by atoms with van der Waals surface area (Å²) in [5.41, 5.74) is 6.62. The van der Waals surface area contributed by atoms with Crippen molar-refractivity contribution in [1.29, 1.82) is 0 Å². The van der Waals surface area contributed by atoms with Gasteiger partial charge in [-0.3, -0.25) is 9.59 Å². The average molecular weight is 345 g/mol. The monoisotopic (exact) mass is 345 g/mol. The number of rotatable bonds is 6. The van der Waals surface area contributed by atoms with E-state index in [-0.39, 0.29) is 23.8 Å². The van der Waals surface area contributed by atoms with Crippen molar-refractivity contribution in [3.63, 3.8) is 0 Å². The maximum Gasteiger partial charge on any atom is 0.251 e. The Morgan fingerprint density at radius 3 is 2.56 bits per heavy atom. The lowest BCUT2D eigenvalue weighted by Gasteiger charge is -2.37. The van der Waals surface area contributed by atoms with E-state index < -0.39 is 6.04 Å². The quantitative estimate of drug-likeness (QED) is 0.831. The van der Waals surface area contributed by atoms with Gasteiger partial charge >= 0.3 is 0 Å². The highest BCUT2D eigenvalue weighted by atomic mass is 16.2. The van der Waals surface area contributed by atoms with Crippen LogP contribution in [0.5, 0.6) is 0 Å². The lowest BCUT2D eigenvalue weighted by molar-refractivity contribution is -0.136. The predicted molar refractivity (Wildman–Crippen MR) is 100 cm³/mol. The maximum atomic E-state index is 13.1. The second-order valence-electron chi connectivity index (χ2n) is 7.25. The number of hydrogen-bond acceptors (Lipinski definition) is 3. The van der Waals surface area contributed by atoms with Crippen LogP contribution in [0.1, 0.15) is 50.4 Å². The number of carbonyl (C=O) groups is 2. The number of nitrogens with zero attached hydrogens (tertiary/aromatic N) is 1. The number of nitrogens with one attached hydrogen (secondary N) is 1. The lowest BCUT2D eigenvalue weighted by atomic mass is 9.90. The zero-order chi connectivity index (χ0) is 18.4. The zero-order valence-electron chi connectivity index (χ0n) is 15.6. The van der Waals surface area contributed by atoms with Crippen LogP contribution in [-0.2, 0) is 4.79 Å². The Morgan fingerprint density at radius 1 is 1.28 bits per heavy atom. The summed E-state index contributed by atoms with van der Waals surface area (Å²) in [5, 5.41) is 2.96. The third-order valence-electron chi connectivity index (χ3n) is 5.31. The Bertz CT molecular complexity index is 574. The maximum absolute atomic E-state index is 13.1. The number of nitrogens with two attached hydrogens (primary N) is 1. The number of carbonyl (C=O) groups excluding carboxylic acids is 2. The van der Waals surface area contributed by atoms with Crippen molar-refractivity contribution in [2.75, 3.05) is 13.1 Å². The number of likely N-dealkylation sites (tertiary alicyclic amines) is 1. The van der Waals surface area contributed by atoms with Crippen molar-refractivity contribution in [1.82, 2.24) is 10.2 Å². The molecule has 1 fully saturated rings. The SMILES string of the molecule is CCC(C)C(NC(=O)c1ccccc1)C(=O)N1CCCC(C(C)N)C1. The third kappa shape index (κ3) is 5.05. The van der Waals surface area contributed by atoms with Gasteiger partial charge in [-0.1, -0.05) is 38.5 Å². The first kappa shape index (κ1) is 19.4. The molecule has 0 aliphatic carbocycles. The van der Waals surface area contributed by atoms with Crippen LogP contribution in [0.25, 0.3) is 0 Å². The van der Waals surface area contributed by atoms with E-state index in [0.29, 0.717) is 18.0 Å². The van der Waals surface area contributed by atoms with Crippen LogP contribution in [0.4, 0.5) is 0 Å². The molecule has 25 heavy (non-hydrogen) atoms. The van der Waals surface area contributed by atoms with Gasteiger partial charge in [0.25, 0.3) is 5.91 Å². The molecule has 5 heteroatoms. The van der Waals surface area contributed by atoms with E-state index in [1.807, 2.05) is 43.9 Å². The largest absolute Gasteiger partial charge is 0.341 e. The molecule has 0 saturated carbocycles. The smallest absolute Gasteiger partial charge is 0.251 e. The first-order chi connectivity index (χ1) is 11.9. The van der Waals surface area contributed by atoms with Gasteiger partial charge in [0.15, 0.2) is 0 Å². The molecule has 2 amide bonds. The molecule has 5 nitrogen and oxygen atoms in total. The first-order valence-corrected chi connectivity index (χ1v) is 9.34. The van der Waals surface area contributed by atoms with Gasteiger partial charge in [-0.05, 0) is 43.7 Å². The fourth-order valence-electron chi connectivity index (χ4n) is 3.33. The third-order valence-corrected chi connectivity index (χ3v) is 5.31. The molecule has 3 N–H and O–H groups in total. The molecule has 0 radical (unpaired) electrons. The standard InChI is InChI=1S/C20H31N3O2/c1-4-14(2)18(22-19(24)16-9-6-5-7-10-16)20(25)23-12-8-11-17(13-23)15(3)21/h5-7,9-10,14-15,17-18H,4,8,11-13,21H2,1-3H3,(H,22,24). The highest BCUT2D eigenvalue weighted by Gasteiger charge is 2.33. The van der Waals surface area contributed by atoms with Gasteiger partial charge in [0.1, 0.15) is 6.04 Å². The molecule has 4 atom stereocenters. The van der Waals surface area contributed by atoms with Crippen molar-refractivity contribution >= 4 is 11.8 Å². The van der Waals surface area contributed by atoms with E-state index in [1.54, 1.807) is 12.1 Å². The molecule has 1 aromatic carbocycles. The van der Waals surface area contributed by atoms with Gasteiger partial charge in [-0.2, -0.15) is 0 Å². The van der Waals surface area contributed by atoms with Crippen molar-refractivity contribution in [3.05, 3.63) is 35.9 Å². The highest BCUT2D eigenvalue weighted by molar-refractivity contribution is 5.97. The average Bonchev–Trinajstić information content (AvgIpc) is 2.65. The number of hydrogen-bond donors (Lipinski definition) is 2. The van der Waals surface area contributed by atoms with Crippen LogP contribution in [0.2, 0.25) is 0 Å². The van der Waals surface area contributed by atoms with Crippen LogP contribution in [0, 0.1) is 11.8 Å². The zero-order valence-corrected chi connectivity index (χ0v) is 15.6. The van der Waals surface area contributed by atoms with Crippen molar-refractivity contribution in [2.24, 2.45) is 17.6 Å². The summed E-state index contributed by atoms with van der Waals surface area (Å²) in [6, 6.07) is 8.64. The van der Waals surface area contributed by atoms with Crippen LogP contribution in [0.15, 0.2) is 30.3 Å². The summed E-state index contributed by atoms with van der Waals surface area (Å²) >= 11 is 0. The Hall–Kier alpha value is -1.88. The van der Waals surface area contributed by atoms with Crippen molar-refractivity contribution in [3.8, 4) is 0 Å². The van der Waals surface area contributed by atoms with E-state index in [0.717, 1.165) is 25.8 Å². The van der Waals surface area contributed by atoms with Crippen LogP contribution < -0.4 is 11.1 Å². The predicted octanol–water partition coefficient (Wildman–Crippen LogP) is 2.42. The Kier molecular flexibility index (Phi) is 7.00. The second kappa shape index (κ2) is 8.99. The second-order valence-corrected chi connectivity index (χ2v) is 7.25.